The van der Waals surface area contributed by atoms with Crippen LogP contribution in [-0.2, 0) is 4.74 Å². The van der Waals surface area contributed by atoms with Crippen LogP contribution in [0.15, 0.2) is 61.2 Å². The van der Waals surface area contributed by atoms with Gasteiger partial charge in [-0.25, -0.2) is 9.78 Å². The number of imidazole rings is 1. The molecule has 6 heteroatoms. The minimum Gasteiger partial charge on any atom is -0.465 e. The lowest BCUT2D eigenvalue weighted by Crippen LogP contribution is -2.13. The smallest absolute Gasteiger partial charge is 0.339 e. The number of nitrogens with zero attached hydrogens (tertiary/aromatic N) is 2. The predicted molar refractivity (Wildman–Crippen MR) is 94.2 cm³/mol. The molecule has 1 heterocycles. The largest absolute Gasteiger partial charge is 0.465 e. The van der Waals surface area contributed by atoms with Crippen LogP contribution in [0.25, 0.3) is 0 Å². The van der Waals surface area contributed by atoms with Gasteiger partial charge in [0.15, 0.2) is 0 Å². The molecule has 2 aromatic carbocycles. The third-order valence-corrected chi connectivity index (χ3v) is 3.75. The first-order valence-corrected chi connectivity index (χ1v) is 7.68. The van der Waals surface area contributed by atoms with Crippen molar-refractivity contribution in [2.45, 2.75) is 6.92 Å². The lowest BCUT2D eigenvalue weighted by molar-refractivity contribution is 0.0601. The Morgan fingerprint density at radius 3 is 2.56 bits per heavy atom. The predicted octanol–water partition coefficient (Wildman–Crippen LogP) is 3.41. The van der Waals surface area contributed by atoms with Gasteiger partial charge in [0.1, 0.15) is 6.33 Å². The molecule has 0 atom stereocenters. The van der Waals surface area contributed by atoms with E-state index in [1.807, 2.05) is 19.1 Å². The van der Waals surface area contributed by atoms with E-state index in [0.717, 1.165) is 5.56 Å². The number of carbonyl (C=O) groups excluding carboxylic acids is 2. The van der Waals surface area contributed by atoms with Crippen molar-refractivity contribution in [1.29, 1.82) is 0 Å². The zero-order chi connectivity index (χ0) is 17.8. The summed E-state index contributed by atoms with van der Waals surface area (Å²) in [5, 5.41) is 3.17. The number of hydrogen-bond donors (Lipinski definition) is 1. The average molecular weight is 335 g/mol. The number of aryl methyl sites for hydroxylation is 1. The first-order chi connectivity index (χ1) is 12.1. The van der Waals surface area contributed by atoms with E-state index in [9.17, 15) is 9.59 Å². The van der Waals surface area contributed by atoms with Crippen molar-refractivity contribution in [3.05, 3.63) is 77.9 Å². The summed E-state index contributed by atoms with van der Waals surface area (Å²) in [6.07, 6.45) is 4.60. The van der Waals surface area contributed by atoms with Gasteiger partial charge in [-0.1, -0.05) is 23.8 Å². The van der Waals surface area contributed by atoms with Crippen LogP contribution < -0.4 is 5.32 Å². The molecule has 1 aromatic heterocycles. The third-order valence-electron chi connectivity index (χ3n) is 3.75. The van der Waals surface area contributed by atoms with Gasteiger partial charge in [-0.3, -0.25) is 9.36 Å². The van der Waals surface area contributed by atoms with Crippen LogP contribution in [0.3, 0.4) is 0 Å². The first-order valence-electron chi connectivity index (χ1n) is 7.68. The molecule has 1 N–H and O–H groups in total. The van der Waals surface area contributed by atoms with E-state index in [-0.39, 0.29) is 5.91 Å². The van der Waals surface area contributed by atoms with E-state index in [0.29, 0.717) is 22.5 Å². The van der Waals surface area contributed by atoms with E-state index < -0.39 is 5.97 Å². The molecule has 0 aliphatic heterocycles. The number of para-hydroxylation sites is 1. The SMILES string of the molecule is COC(=O)c1ccccc1Nc1ccc(C)cc1C(=O)n1ccnc1. The van der Waals surface area contributed by atoms with Gasteiger partial charge >= 0.3 is 5.97 Å². The van der Waals surface area contributed by atoms with Crippen LogP contribution in [-0.4, -0.2) is 28.5 Å². The molecule has 0 aliphatic carbocycles. The van der Waals surface area contributed by atoms with Crippen molar-refractivity contribution in [2.75, 3.05) is 12.4 Å². The van der Waals surface area contributed by atoms with Crippen molar-refractivity contribution in [3.63, 3.8) is 0 Å². The Morgan fingerprint density at radius 2 is 1.84 bits per heavy atom. The normalized spacial score (nSPS) is 10.3. The van der Waals surface area contributed by atoms with E-state index in [2.05, 4.69) is 10.3 Å². The molecule has 3 aromatic rings. The van der Waals surface area contributed by atoms with Crippen LogP contribution in [0.2, 0.25) is 0 Å². The Morgan fingerprint density at radius 1 is 1.08 bits per heavy atom. The van der Waals surface area contributed by atoms with E-state index in [4.69, 9.17) is 4.74 Å². The molecule has 0 spiro atoms. The highest BCUT2D eigenvalue weighted by atomic mass is 16.5. The number of aromatic nitrogens is 2. The fourth-order valence-electron chi connectivity index (χ4n) is 2.49. The topological polar surface area (TPSA) is 73.2 Å². The number of ether oxygens (including phenoxy) is 1. The number of carbonyl (C=O) groups is 2. The summed E-state index contributed by atoms with van der Waals surface area (Å²) in [5.41, 5.74) is 3.00. The third kappa shape index (κ3) is 3.42. The van der Waals surface area contributed by atoms with Crippen molar-refractivity contribution in [1.82, 2.24) is 9.55 Å². The van der Waals surface area contributed by atoms with Gasteiger partial charge in [-0.05, 0) is 31.2 Å². The summed E-state index contributed by atoms with van der Waals surface area (Å²) in [7, 11) is 1.33. The number of anilines is 2. The minimum atomic E-state index is -0.447. The van der Waals surface area contributed by atoms with Gasteiger partial charge in [0, 0.05) is 12.4 Å². The molecule has 0 fully saturated rings. The Hall–Kier alpha value is -3.41. The minimum absolute atomic E-state index is 0.209. The van der Waals surface area contributed by atoms with Gasteiger partial charge in [-0.15, -0.1) is 0 Å². The van der Waals surface area contributed by atoms with E-state index >= 15 is 0 Å². The molecule has 0 radical (unpaired) electrons. The zero-order valence-electron chi connectivity index (χ0n) is 13.9. The summed E-state index contributed by atoms with van der Waals surface area (Å²) >= 11 is 0. The van der Waals surface area contributed by atoms with Gasteiger partial charge in [0.2, 0.25) is 0 Å². The second-order valence-electron chi connectivity index (χ2n) is 5.49. The van der Waals surface area contributed by atoms with Gasteiger partial charge in [-0.2, -0.15) is 0 Å². The summed E-state index contributed by atoms with van der Waals surface area (Å²) in [6, 6.07) is 12.5. The first kappa shape index (κ1) is 16.4. The molecular formula is C19H17N3O3. The molecule has 25 heavy (non-hydrogen) atoms. The summed E-state index contributed by atoms with van der Waals surface area (Å²) < 4.78 is 6.22. The lowest BCUT2D eigenvalue weighted by atomic mass is 10.1. The van der Waals surface area contributed by atoms with Crippen molar-refractivity contribution >= 4 is 23.3 Å². The molecule has 0 amide bonds. The Bertz CT molecular complexity index is 917. The van der Waals surface area contributed by atoms with E-state index in [1.165, 1.54) is 18.0 Å². The fraction of sp³-hybridized carbons (Fsp3) is 0.105. The maximum Gasteiger partial charge on any atom is 0.339 e. The molecule has 0 aliphatic rings. The highest BCUT2D eigenvalue weighted by Gasteiger charge is 2.16. The monoisotopic (exact) mass is 335 g/mol. The van der Waals surface area contributed by atoms with E-state index in [1.54, 1.807) is 42.7 Å². The molecule has 0 saturated heterocycles. The number of esters is 1. The van der Waals surface area contributed by atoms with Gasteiger partial charge in [0.25, 0.3) is 5.91 Å². The number of methoxy groups -OCH3 is 1. The van der Waals surface area contributed by atoms with Crippen LogP contribution in [0.1, 0.15) is 26.3 Å². The fourth-order valence-corrected chi connectivity index (χ4v) is 2.49. The molecule has 6 nitrogen and oxygen atoms in total. The second kappa shape index (κ2) is 7.00. The Labute approximate surface area is 145 Å². The second-order valence-corrected chi connectivity index (χ2v) is 5.49. The Kier molecular flexibility index (Phi) is 4.61. The average Bonchev–Trinajstić information content (AvgIpc) is 3.17. The quantitative estimate of drug-likeness (QED) is 0.740. The van der Waals surface area contributed by atoms with Crippen LogP contribution in [0.5, 0.6) is 0 Å². The van der Waals surface area contributed by atoms with Gasteiger partial charge in [0.05, 0.1) is 29.6 Å². The maximum absolute atomic E-state index is 12.7. The Balaban J connectivity index is 2.02. The summed E-state index contributed by atoms with van der Waals surface area (Å²) in [6.45, 7) is 1.91. The molecular weight excluding hydrogens is 318 g/mol. The number of nitrogens with one attached hydrogen (secondary N) is 1. The number of benzene rings is 2. The van der Waals surface area contributed by atoms with Crippen molar-refractivity contribution in [3.8, 4) is 0 Å². The summed E-state index contributed by atoms with van der Waals surface area (Å²) in [4.78, 5) is 28.6. The molecule has 0 unspecified atom stereocenters. The van der Waals surface area contributed by atoms with Gasteiger partial charge < -0.3 is 10.1 Å². The lowest BCUT2D eigenvalue weighted by Gasteiger charge is -2.14. The van der Waals surface area contributed by atoms with Crippen LogP contribution in [0, 0.1) is 6.92 Å². The molecule has 0 saturated carbocycles. The zero-order valence-corrected chi connectivity index (χ0v) is 13.9. The summed E-state index contributed by atoms with van der Waals surface area (Å²) in [5.74, 6) is -0.656. The number of rotatable bonds is 4. The van der Waals surface area contributed by atoms with Crippen molar-refractivity contribution in [2.24, 2.45) is 0 Å². The van der Waals surface area contributed by atoms with Crippen LogP contribution >= 0.6 is 0 Å². The standard InChI is InChI=1S/C19H17N3O3/c1-13-7-8-17(15(11-13)18(23)22-10-9-20-12-22)21-16-6-4-3-5-14(16)19(24)25-2/h3-12,21H,1-2H3. The highest BCUT2D eigenvalue weighted by Crippen LogP contribution is 2.26. The maximum atomic E-state index is 12.7. The highest BCUT2D eigenvalue weighted by molar-refractivity contribution is 6.03. The molecule has 3 rings (SSSR count). The van der Waals surface area contributed by atoms with Crippen LogP contribution in [0.4, 0.5) is 11.4 Å². The molecule has 126 valence electrons. The van der Waals surface area contributed by atoms with Crippen molar-refractivity contribution < 1.29 is 14.3 Å². The number of hydrogen-bond acceptors (Lipinski definition) is 5. The molecule has 0 bridgehead atoms.